The van der Waals surface area contributed by atoms with Gasteiger partial charge in [-0.25, -0.2) is 0 Å². The fourth-order valence-electron chi connectivity index (χ4n) is 1.79. The Bertz CT molecular complexity index is 603. The normalized spacial score (nSPS) is 9.95. The number of ether oxygens (including phenoxy) is 1. The molecule has 21 heavy (non-hydrogen) atoms. The maximum absolute atomic E-state index is 12.0. The molecule has 0 bridgehead atoms. The van der Waals surface area contributed by atoms with Crippen LogP contribution in [0.25, 0.3) is 0 Å². The van der Waals surface area contributed by atoms with E-state index in [1.54, 1.807) is 24.3 Å². The van der Waals surface area contributed by atoms with E-state index in [9.17, 15) is 4.79 Å². The van der Waals surface area contributed by atoms with Crippen LogP contribution in [0.5, 0.6) is 5.75 Å². The molecule has 0 aromatic heterocycles. The van der Waals surface area contributed by atoms with Gasteiger partial charge in [0.2, 0.25) is 0 Å². The molecule has 1 N–H and O–H groups in total. The summed E-state index contributed by atoms with van der Waals surface area (Å²) < 4.78 is 5.50. The summed E-state index contributed by atoms with van der Waals surface area (Å²) in [4.78, 5) is 12.0. The number of carbonyl (C=O) groups is 1. The predicted molar refractivity (Wildman–Crippen MR) is 84.4 cm³/mol. The number of benzene rings is 2. The lowest BCUT2D eigenvalue weighted by atomic mass is 10.2. The summed E-state index contributed by atoms with van der Waals surface area (Å²) in [5, 5.41) is 2.89. The third kappa shape index (κ3) is 4.80. The number of hydrogen-bond donors (Lipinski definition) is 1. The number of amides is 1. The summed E-state index contributed by atoms with van der Waals surface area (Å²) in [7, 11) is 0. The molecule has 0 unspecified atom stereocenters. The van der Waals surface area contributed by atoms with Crippen LogP contribution in [0.4, 0.5) is 0 Å². The quantitative estimate of drug-likeness (QED) is 0.822. The molecule has 0 radical (unpaired) electrons. The third-order valence-electron chi connectivity index (χ3n) is 2.90. The van der Waals surface area contributed by atoms with Crippen molar-refractivity contribution in [1.82, 2.24) is 5.32 Å². The van der Waals surface area contributed by atoms with Crippen molar-refractivity contribution in [3.63, 3.8) is 0 Å². The van der Waals surface area contributed by atoms with Gasteiger partial charge in [-0.05, 0) is 42.3 Å². The summed E-state index contributed by atoms with van der Waals surface area (Å²) in [6, 6.07) is 16.9. The third-order valence-corrected chi connectivity index (χ3v) is 2.90. The van der Waals surface area contributed by atoms with Gasteiger partial charge in [0.05, 0.1) is 0 Å². The molecule has 0 aliphatic heterocycles. The molecule has 0 fully saturated rings. The van der Waals surface area contributed by atoms with Crippen molar-refractivity contribution >= 4 is 5.91 Å². The summed E-state index contributed by atoms with van der Waals surface area (Å²) in [5.74, 6) is 0.642. The topological polar surface area (TPSA) is 38.3 Å². The lowest BCUT2D eigenvalue weighted by molar-refractivity contribution is 0.0951. The van der Waals surface area contributed by atoms with Gasteiger partial charge in [-0.15, -0.1) is 0 Å². The summed E-state index contributed by atoms with van der Waals surface area (Å²) in [5.41, 5.74) is 2.65. The first-order chi connectivity index (χ1) is 10.1. The van der Waals surface area contributed by atoms with Crippen LogP contribution in [0.1, 0.15) is 22.8 Å². The standard InChI is InChI=1S/C18H19NO2/c1-14(2)13-21-17-10-8-16(9-11-17)18(20)19-12-15-6-4-3-5-7-15/h3-11H,1,12-13H2,2H3,(H,19,20). The number of rotatable bonds is 6. The van der Waals surface area contributed by atoms with Crippen LogP contribution in [0.15, 0.2) is 66.7 Å². The molecule has 0 heterocycles. The fraction of sp³-hybridized carbons (Fsp3) is 0.167. The van der Waals surface area contributed by atoms with Crippen molar-refractivity contribution in [3.8, 4) is 5.75 Å². The lowest BCUT2D eigenvalue weighted by Crippen LogP contribution is -2.22. The van der Waals surface area contributed by atoms with Gasteiger partial charge in [-0.3, -0.25) is 4.79 Å². The van der Waals surface area contributed by atoms with Crippen molar-refractivity contribution in [2.45, 2.75) is 13.5 Å². The van der Waals surface area contributed by atoms with E-state index >= 15 is 0 Å². The zero-order valence-corrected chi connectivity index (χ0v) is 12.1. The van der Waals surface area contributed by atoms with Crippen LogP contribution >= 0.6 is 0 Å². The Morgan fingerprint density at radius 3 is 2.38 bits per heavy atom. The van der Waals surface area contributed by atoms with E-state index in [0.29, 0.717) is 18.7 Å². The van der Waals surface area contributed by atoms with Crippen LogP contribution in [0.3, 0.4) is 0 Å². The number of carbonyl (C=O) groups excluding carboxylic acids is 1. The Kier molecular flexibility index (Phi) is 5.16. The molecular weight excluding hydrogens is 262 g/mol. The zero-order chi connectivity index (χ0) is 15.1. The summed E-state index contributed by atoms with van der Waals surface area (Å²) in [6.45, 7) is 6.70. The van der Waals surface area contributed by atoms with Crippen molar-refractivity contribution in [2.75, 3.05) is 6.61 Å². The van der Waals surface area contributed by atoms with Gasteiger partial charge >= 0.3 is 0 Å². The molecule has 2 aromatic rings. The minimum Gasteiger partial charge on any atom is -0.489 e. The molecule has 2 aromatic carbocycles. The first-order valence-electron chi connectivity index (χ1n) is 6.84. The Balaban J connectivity index is 1.89. The minimum atomic E-state index is -0.0923. The van der Waals surface area contributed by atoms with E-state index in [4.69, 9.17) is 4.74 Å². The van der Waals surface area contributed by atoms with E-state index < -0.39 is 0 Å². The fourth-order valence-corrected chi connectivity index (χ4v) is 1.79. The summed E-state index contributed by atoms with van der Waals surface area (Å²) >= 11 is 0. The van der Waals surface area contributed by atoms with Crippen LogP contribution in [-0.2, 0) is 6.54 Å². The van der Waals surface area contributed by atoms with E-state index in [1.807, 2.05) is 37.3 Å². The van der Waals surface area contributed by atoms with Gasteiger partial charge < -0.3 is 10.1 Å². The highest BCUT2D eigenvalue weighted by molar-refractivity contribution is 5.94. The van der Waals surface area contributed by atoms with E-state index in [0.717, 1.165) is 16.9 Å². The second-order valence-corrected chi connectivity index (χ2v) is 4.94. The van der Waals surface area contributed by atoms with Crippen LogP contribution in [0.2, 0.25) is 0 Å². The van der Waals surface area contributed by atoms with Gasteiger partial charge in [0, 0.05) is 12.1 Å². The predicted octanol–water partition coefficient (Wildman–Crippen LogP) is 3.57. The van der Waals surface area contributed by atoms with E-state index in [-0.39, 0.29) is 5.91 Å². The maximum Gasteiger partial charge on any atom is 0.251 e. The number of nitrogens with one attached hydrogen (secondary N) is 1. The molecule has 108 valence electrons. The molecule has 0 saturated carbocycles. The Hall–Kier alpha value is -2.55. The Labute approximate surface area is 125 Å². The van der Waals surface area contributed by atoms with Gasteiger partial charge in [-0.2, -0.15) is 0 Å². The lowest BCUT2D eigenvalue weighted by Gasteiger charge is -2.08. The van der Waals surface area contributed by atoms with Crippen molar-refractivity contribution in [3.05, 3.63) is 77.9 Å². The summed E-state index contributed by atoms with van der Waals surface area (Å²) in [6.07, 6.45) is 0. The second-order valence-electron chi connectivity index (χ2n) is 4.94. The van der Waals surface area contributed by atoms with Crippen LogP contribution in [0, 0.1) is 0 Å². The van der Waals surface area contributed by atoms with Crippen molar-refractivity contribution in [1.29, 1.82) is 0 Å². The molecule has 2 rings (SSSR count). The molecule has 1 amide bonds. The molecule has 3 nitrogen and oxygen atoms in total. The van der Waals surface area contributed by atoms with E-state index in [2.05, 4.69) is 11.9 Å². The van der Waals surface area contributed by atoms with Gasteiger partial charge in [0.25, 0.3) is 5.91 Å². The minimum absolute atomic E-state index is 0.0923. The second kappa shape index (κ2) is 7.29. The Morgan fingerprint density at radius 1 is 1.10 bits per heavy atom. The van der Waals surface area contributed by atoms with Crippen molar-refractivity contribution < 1.29 is 9.53 Å². The smallest absolute Gasteiger partial charge is 0.251 e. The highest BCUT2D eigenvalue weighted by atomic mass is 16.5. The molecule has 0 aliphatic carbocycles. The highest BCUT2D eigenvalue weighted by Crippen LogP contribution is 2.13. The van der Waals surface area contributed by atoms with Gasteiger partial charge in [0.15, 0.2) is 0 Å². The molecular formula is C18H19NO2. The average molecular weight is 281 g/mol. The zero-order valence-electron chi connectivity index (χ0n) is 12.1. The van der Waals surface area contributed by atoms with Crippen LogP contribution < -0.4 is 10.1 Å². The molecule has 0 saturated heterocycles. The monoisotopic (exact) mass is 281 g/mol. The molecule has 0 spiro atoms. The molecule has 0 atom stereocenters. The maximum atomic E-state index is 12.0. The molecule has 3 heteroatoms. The number of hydrogen-bond acceptors (Lipinski definition) is 2. The van der Waals surface area contributed by atoms with Gasteiger partial charge in [-0.1, -0.05) is 36.9 Å². The van der Waals surface area contributed by atoms with Crippen LogP contribution in [-0.4, -0.2) is 12.5 Å². The molecule has 0 aliphatic rings. The highest BCUT2D eigenvalue weighted by Gasteiger charge is 2.05. The first-order valence-corrected chi connectivity index (χ1v) is 6.84. The van der Waals surface area contributed by atoms with Crippen molar-refractivity contribution in [2.24, 2.45) is 0 Å². The van der Waals surface area contributed by atoms with Gasteiger partial charge in [0.1, 0.15) is 12.4 Å². The first kappa shape index (κ1) is 14.9. The van der Waals surface area contributed by atoms with E-state index in [1.165, 1.54) is 0 Å². The average Bonchev–Trinajstić information content (AvgIpc) is 2.52. The SMILES string of the molecule is C=C(C)COc1ccc(C(=O)NCc2ccccc2)cc1. The Morgan fingerprint density at radius 2 is 1.76 bits per heavy atom. The largest absolute Gasteiger partial charge is 0.489 e.